The van der Waals surface area contributed by atoms with E-state index < -0.39 is 0 Å². The third-order valence-electron chi connectivity index (χ3n) is 3.20. The molecule has 110 valence electrons. The highest BCUT2D eigenvalue weighted by Crippen LogP contribution is 2.11. The third kappa shape index (κ3) is 4.84. The molecule has 4 heteroatoms. The zero-order valence-corrected chi connectivity index (χ0v) is 12.5. The number of nitrogens with zero attached hydrogens (tertiary/aromatic N) is 1. The summed E-state index contributed by atoms with van der Waals surface area (Å²) in [5.41, 5.74) is 3.31. The van der Waals surface area contributed by atoms with Crippen molar-refractivity contribution < 1.29 is 4.79 Å². The van der Waals surface area contributed by atoms with Gasteiger partial charge in [0.15, 0.2) is 0 Å². The molecule has 2 rings (SSSR count). The van der Waals surface area contributed by atoms with Crippen molar-refractivity contribution >= 4 is 11.7 Å². The quantitative estimate of drug-likeness (QED) is 0.886. The first kappa shape index (κ1) is 14.9. The molecule has 0 unspecified atom stereocenters. The Balaban J connectivity index is 1.76. The number of hydrogen-bond donors (Lipinski definition) is 2. The predicted octanol–water partition coefficient (Wildman–Crippen LogP) is 2.75. The van der Waals surface area contributed by atoms with E-state index in [-0.39, 0.29) is 6.03 Å². The van der Waals surface area contributed by atoms with Crippen LogP contribution >= 0.6 is 0 Å². The van der Waals surface area contributed by atoms with Crippen LogP contribution < -0.4 is 15.5 Å². The molecule has 0 radical (unpaired) electrons. The largest absolute Gasteiger partial charge is 0.378 e. The van der Waals surface area contributed by atoms with Crippen LogP contribution in [0.15, 0.2) is 54.6 Å². The van der Waals surface area contributed by atoms with Crippen LogP contribution in [0.2, 0.25) is 0 Å². The molecule has 0 saturated carbocycles. The minimum atomic E-state index is -0.157. The smallest absolute Gasteiger partial charge is 0.315 e. The van der Waals surface area contributed by atoms with Crippen LogP contribution in [0, 0.1) is 0 Å². The third-order valence-corrected chi connectivity index (χ3v) is 3.20. The lowest BCUT2D eigenvalue weighted by Crippen LogP contribution is -2.34. The first-order valence-corrected chi connectivity index (χ1v) is 6.97. The van der Waals surface area contributed by atoms with Gasteiger partial charge in [-0.2, -0.15) is 0 Å². The molecule has 0 aromatic heterocycles. The Hall–Kier alpha value is -2.49. The van der Waals surface area contributed by atoms with E-state index in [1.54, 1.807) is 0 Å². The van der Waals surface area contributed by atoms with Gasteiger partial charge < -0.3 is 15.5 Å². The van der Waals surface area contributed by atoms with Gasteiger partial charge in [-0.15, -0.1) is 0 Å². The van der Waals surface area contributed by atoms with Crippen molar-refractivity contribution in [2.45, 2.75) is 13.1 Å². The summed E-state index contributed by atoms with van der Waals surface area (Å²) >= 11 is 0. The van der Waals surface area contributed by atoms with Crippen molar-refractivity contribution in [1.29, 1.82) is 0 Å². The van der Waals surface area contributed by atoms with E-state index in [9.17, 15) is 4.79 Å². The van der Waals surface area contributed by atoms with Gasteiger partial charge in [0, 0.05) is 32.9 Å². The van der Waals surface area contributed by atoms with E-state index in [0.717, 1.165) is 16.8 Å². The number of carbonyl (C=O) groups is 1. The zero-order valence-electron chi connectivity index (χ0n) is 12.5. The second kappa shape index (κ2) is 7.33. The summed E-state index contributed by atoms with van der Waals surface area (Å²) in [6, 6.07) is 17.8. The summed E-state index contributed by atoms with van der Waals surface area (Å²) in [6.07, 6.45) is 0. The van der Waals surface area contributed by atoms with Gasteiger partial charge in [0.2, 0.25) is 0 Å². The van der Waals surface area contributed by atoms with E-state index in [1.165, 1.54) is 0 Å². The minimum Gasteiger partial charge on any atom is -0.378 e. The van der Waals surface area contributed by atoms with E-state index in [2.05, 4.69) is 10.6 Å². The van der Waals surface area contributed by atoms with Crippen LogP contribution in [0.5, 0.6) is 0 Å². The molecule has 0 bridgehead atoms. The fraction of sp³-hybridized carbons (Fsp3) is 0.235. The van der Waals surface area contributed by atoms with E-state index in [1.807, 2.05) is 73.6 Å². The highest BCUT2D eigenvalue weighted by molar-refractivity contribution is 5.73. The molecule has 21 heavy (non-hydrogen) atoms. The van der Waals surface area contributed by atoms with Gasteiger partial charge in [0.05, 0.1) is 0 Å². The number of amides is 2. The summed E-state index contributed by atoms with van der Waals surface area (Å²) < 4.78 is 0. The maximum atomic E-state index is 11.7. The molecule has 0 atom stereocenters. The molecule has 2 aromatic rings. The van der Waals surface area contributed by atoms with Crippen LogP contribution in [0.25, 0.3) is 0 Å². The highest BCUT2D eigenvalue weighted by atomic mass is 16.2. The van der Waals surface area contributed by atoms with Gasteiger partial charge >= 0.3 is 6.03 Å². The number of rotatable bonds is 5. The van der Waals surface area contributed by atoms with Crippen molar-refractivity contribution in [1.82, 2.24) is 10.6 Å². The monoisotopic (exact) mass is 283 g/mol. The molecular formula is C17H21N3O. The van der Waals surface area contributed by atoms with Crippen LogP contribution in [0.3, 0.4) is 0 Å². The summed E-state index contributed by atoms with van der Waals surface area (Å²) in [5, 5.41) is 5.69. The zero-order chi connectivity index (χ0) is 15.1. The molecule has 0 fully saturated rings. The fourth-order valence-corrected chi connectivity index (χ4v) is 1.93. The topological polar surface area (TPSA) is 44.4 Å². The number of nitrogens with one attached hydrogen (secondary N) is 2. The Morgan fingerprint density at radius 1 is 0.857 bits per heavy atom. The number of hydrogen-bond acceptors (Lipinski definition) is 2. The lowest BCUT2D eigenvalue weighted by Gasteiger charge is -2.13. The van der Waals surface area contributed by atoms with E-state index >= 15 is 0 Å². The van der Waals surface area contributed by atoms with Crippen molar-refractivity contribution in [3.63, 3.8) is 0 Å². The number of anilines is 1. The van der Waals surface area contributed by atoms with Crippen molar-refractivity contribution in [2.24, 2.45) is 0 Å². The van der Waals surface area contributed by atoms with Crippen LogP contribution in [0.4, 0.5) is 10.5 Å². The van der Waals surface area contributed by atoms with Gasteiger partial charge in [-0.05, 0) is 23.3 Å². The number of urea groups is 1. The van der Waals surface area contributed by atoms with Crippen LogP contribution in [0.1, 0.15) is 11.1 Å². The summed E-state index contributed by atoms with van der Waals surface area (Å²) in [4.78, 5) is 13.8. The Bertz CT molecular complexity index is 564. The molecule has 0 spiro atoms. The average Bonchev–Trinajstić information content (AvgIpc) is 2.52. The van der Waals surface area contributed by atoms with E-state index in [4.69, 9.17) is 0 Å². The number of benzene rings is 2. The predicted molar refractivity (Wildman–Crippen MR) is 86.3 cm³/mol. The van der Waals surface area contributed by atoms with Crippen molar-refractivity contribution in [3.8, 4) is 0 Å². The second-order valence-electron chi connectivity index (χ2n) is 5.08. The standard InChI is InChI=1S/C17H21N3O/c1-20(2)16-10-8-15(9-11-16)13-19-17(21)18-12-14-6-4-3-5-7-14/h3-11H,12-13H2,1-2H3,(H2,18,19,21). The van der Waals surface area contributed by atoms with Gasteiger partial charge in [-0.3, -0.25) is 0 Å². The molecular weight excluding hydrogens is 262 g/mol. The van der Waals surface area contributed by atoms with Crippen LogP contribution in [-0.2, 0) is 13.1 Å². The van der Waals surface area contributed by atoms with Crippen LogP contribution in [-0.4, -0.2) is 20.1 Å². The SMILES string of the molecule is CN(C)c1ccc(CNC(=O)NCc2ccccc2)cc1. The normalized spacial score (nSPS) is 10.0. The number of carbonyl (C=O) groups excluding carboxylic acids is 1. The fourth-order valence-electron chi connectivity index (χ4n) is 1.93. The van der Waals surface area contributed by atoms with Gasteiger partial charge in [0.1, 0.15) is 0 Å². The van der Waals surface area contributed by atoms with Gasteiger partial charge in [0.25, 0.3) is 0 Å². The Morgan fingerprint density at radius 2 is 1.38 bits per heavy atom. The molecule has 0 aliphatic rings. The molecule has 0 heterocycles. The lowest BCUT2D eigenvalue weighted by molar-refractivity contribution is 0.240. The molecule has 4 nitrogen and oxygen atoms in total. The molecule has 0 saturated heterocycles. The first-order chi connectivity index (χ1) is 10.1. The summed E-state index contributed by atoms with van der Waals surface area (Å²) in [7, 11) is 4.01. The first-order valence-electron chi connectivity index (χ1n) is 6.97. The van der Waals surface area contributed by atoms with Crippen molar-refractivity contribution in [2.75, 3.05) is 19.0 Å². The van der Waals surface area contributed by atoms with E-state index in [0.29, 0.717) is 13.1 Å². The minimum absolute atomic E-state index is 0.157. The maximum absolute atomic E-state index is 11.7. The molecule has 2 aromatic carbocycles. The van der Waals surface area contributed by atoms with Gasteiger partial charge in [-0.1, -0.05) is 42.5 Å². The Morgan fingerprint density at radius 3 is 1.90 bits per heavy atom. The summed E-state index contributed by atoms with van der Waals surface area (Å²) in [5.74, 6) is 0. The molecule has 2 amide bonds. The average molecular weight is 283 g/mol. The maximum Gasteiger partial charge on any atom is 0.315 e. The Labute approximate surface area is 125 Å². The molecule has 0 aliphatic heterocycles. The Kier molecular flexibility index (Phi) is 5.21. The summed E-state index contributed by atoms with van der Waals surface area (Å²) in [6.45, 7) is 1.06. The lowest BCUT2D eigenvalue weighted by atomic mass is 10.2. The highest BCUT2D eigenvalue weighted by Gasteiger charge is 2.01. The molecule has 2 N–H and O–H groups in total. The molecule has 0 aliphatic carbocycles. The second-order valence-corrected chi connectivity index (χ2v) is 5.08. The van der Waals surface area contributed by atoms with Crippen molar-refractivity contribution in [3.05, 3.63) is 65.7 Å². The van der Waals surface area contributed by atoms with Gasteiger partial charge in [-0.25, -0.2) is 4.79 Å².